The van der Waals surface area contributed by atoms with Crippen molar-refractivity contribution in [2.75, 3.05) is 20.3 Å². The van der Waals surface area contributed by atoms with Crippen LogP contribution in [0.1, 0.15) is 0 Å². The smallest absolute Gasteiger partial charge is 0.404 e. The molecule has 2 aliphatic heterocycles. The lowest BCUT2D eigenvalue weighted by molar-refractivity contribution is -0.0833. The Morgan fingerprint density at radius 1 is 1.71 bits per heavy atom. The van der Waals surface area contributed by atoms with E-state index in [1.807, 2.05) is 0 Å². The van der Waals surface area contributed by atoms with Crippen LogP contribution in [0.2, 0.25) is 0 Å². The molecule has 2 N–H and O–H groups in total. The minimum absolute atomic E-state index is 0.0939. The highest BCUT2D eigenvalue weighted by molar-refractivity contribution is 5.64. The molecule has 6 nitrogen and oxygen atoms in total. The number of rotatable bonds is 4. The van der Waals surface area contributed by atoms with E-state index in [1.165, 1.54) is 7.11 Å². The zero-order valence-electron chi connectivity index (χ0n) is 7.84. The Balaban J connectivity index is 1.82. The molecule has 2 saturated heterocycles. The van der Waals surface area contributed by atoms with Crippen LogP contribution in [-0.4, -0.2) is 50.8 Å². The molecule has 0 spiro atoms. The van der Waals surface area contributed by atoms with E-state index in [0.29, 0.717) is 6.61 Å². The van der Waals surface area contributed by atoms with Crippen LogP contribution in [0, 0.1) is 0 Å². The minimum Gasteiger partial charge on any atom is -0.447 e. The van der Waals surface area contributed by atoms with E-state index in [4.69, 9.17) is 19.9 Å². The number of primary amides is 1. The molecule has 14 heavy (non-hydrogen) atoms. The van der Waals surface area contributed by atoms with E-state index < -0.39 is 6.09 Å². The molecule has 2 fully saturated rings. The third-order valence-corrected chi connectivity index (χ3v) is 2.46. The van der Waals surface area contributed by atoms with E-state index in [1.54, 1.807) is 0 Å². The molecule has 1 amide bonds. The van der Waals surface area contributed by atoms with Gasteiger partial charge in [0.25, 0.3) is 0 Å². The molecule has 4 atom stereocenters. The lowest BCUT2D eigenvalue weighted by Gasteiger charge is -2.21. The fourth-order valence-electron chi connectivity index (χ4n) is 1.66. The summed E-state index contributed by atoms with van der Waals surface area (Å²) in [5.74, 6) is 0. The van der Waals surface area contributed by atoms with Crippen molar-refractivity contribution in [3.05, 3.63) is 0 Å². The first kappa shape index (κ1) is 9.70. The topological polar surface area (TPSA) is 83.3 Å². The Hall–Kier alpha value is -0.850. The summed E-state index contributed by atoms with van der Waals surface area (Å²) in [6.07, 6.45) is -0.967. The maximum Gasteiger partial charge on any atom is 0.404 e. The van der Waals surface area contributed by atoms with Crippen molar-refractivity contribution in [2.45, 2.75) is 24.4 Å². The summed E-state index contributed by atoms with van der Waals surface area (Å²) in [4.78, 5) is 10.4. The van der Waals surface area contributed by atoms with Crippen LogP contribution in [0.4, 0.5) is 4.79 Å². The SMILES string of the molecule is COC(COC(N)=O)[C@H]1OC[C@H]2O[C@H]12. The Morgan fingerprint density at radius 3 is 2.93 bits per heavy atom. The van der Waals surface area contributed by atoms with E-state index in [2.05, 4.69) is 4.74 Å². The molecule has 0 saturated carbocycles. The number of ether oxygens (including phenoxy) is 4. The van der Waals surface area contributed by atoms with Crippen LogP contribution < -0.4 is 5.73 Å². The highest BCUT2D eigenvalue weighted by Crippen LogP contribution is 2.36. The summed E-state index contributed by atoms with van der Waals surface area (Å²) in [5, 5.41) is 0. The molecule has 80 valence electrons. The first-order valence-corrected chi connectivity index (χ1v) is 4.44. The van der Waals surface area contributed by atoms with Crippen molar-refractivity contribution in [1.82, 2.24) is 0 Å². The normalized spacial score (nSPS) is 36.2. The van der Waals surface area contributed by atoms with Crippen molar-refractivity contribution < 1.29 is 23.7 Å². The molecule has 2 aliphatic rings. The van der Waals surface area contributed by atoms with Gasteiger partial charge in [-0.05, 0) is 0 Å². The number of methoxy groups -OCH3 is 1. The summed E-state index contributed by atoms with van der Waals surface area (Å²) in [6.45, 7) is 0.689. The van der Waals surface area contributed by atoms with Gasteiger partial charge in [-0.2, -0.15) is 0 Å². The summed E-state index contributed by atoms with van der Waals surface area (Å²) in [6, 6.07) is 0. The first-order valence-electron chi connectivity index (χ1n) is 4.44. The van der Waals surface area contributed by atoms with Crippen molar-refractivity contribution in [3.63, 3.8) is 0 Å². The van der Waals surface area contributed by atoms with Gasteiger partial charge in [0.1, 0.15) is 31.0 Å². The number of carbonyl (C=O) groups is 1. The maximum atomic E-state index is 10.4. The van der Waals surface area contributed by atoms with Crippen LogP contribution in [0.5, 0.6) is 0 Å². The highest BCUT2D eigenvalue weighted by atomic mass is 16.7. The third kappa shape index (κ3) is 1.82. The van der Waals surface area contributed by atoms with Gasteiger partial charge >= 0.3 is 6.09 Å². The minimum atomic E-state index is -0.807. The van der Waals surface area contributed by atoms with Crippen LogP contribution in [-0.2, 0) is 18.9 Å². The van der Waals surface area contributed by atoms with Gasteiger partial charge in [-0.15, -0.1) is 0 Å². The van der Waals surface area contributed by atoms with Gasteiger partial charge in [0.2, 0.25) is 0 Å². The van der Waals surface area contributed by atoms with Gasteiger partial charge in [0.05, 0.1) is 6.61 Å². The second-order valence-electron chi connectivity index (χ2n) is 3.34. The lowest BCUT2D eigenvalue weighted by atomic mass is 10.1. The standard InChI is InChI=1S/C8H13NO5/c1-11-4(2-13-8(9)10)6-7-5(14-7)3-12-6/h4-7H,2-3H2,1H3,(H2,9,10)/t4?,5-,6-,7+/m1/s1. The molecule has 0 aromatic carbocycles. The molecule has 0 aliphatic carbocycles. The molecule has 2 rings (SSSR count). The molecule has 0 bridgehead atoms. The fraction of sp³-hybridized carbons (Fsp3) is 0.875. The van der Waals surface area contributed by atoms with Crippen LogP contribution in [0.15, 0.2) is 0 Å². The molecular weight excluding hydrogens is 190 g/mol. The quantitative estimate of drug-likeness (QED) is 0.608. The number of carbonyl (C=O) groups excluding carboxylic acids is 1. The molecular formula is C8H13NO5. The number of amides is 1. The van der Waals surface area contributed by atoms with Crippen molar-refractivity contribution in [1.29, 1.82) is 0 Å². The monoisotopic (exact) mass is 203 g/mol. The van der Waals surface area contributed by atoms with Gasteiger partial charge in [-0.25, -0.2) is 4.79 Å². The molecule has 0 radical (unpaired) electrons. The number of epoxide rings is 1. The fourth-order valence-corrected chi connectivity index (χ4v) is 1.66. The van der Waals surface area contributed by atoms with Gasteiger partial charge in [-0.3, -0.25) is 0 Å². The largest absolute Gasteiger partial charge is 0.447 e. The Bertz CT molecular complexity index is 234. The summed E-state index contributed by atoms with van der Waals surface area (Å²) in [5.41, 5.74) is 4.85. The summed E-state index contributed by atoms with van der Waals surface area (Å²) in [7, 11) is 1.54. The van der Waals surface area contributed by atoms with Crippen molar-refractivity contribution >= 4 is 6.09 Å². The molecule has 1 unspecified atom stereocenters. The molecule has 0 aromatic heterocycles. The zero-order chi connectivity index (χ0) is 10.1. The van der Waals surface area contributed by atoms with Crippen LogP contribution in [0.25, 0.3) is 0 Å². The Kier molecular flexibility index (Phi) is 2.58. The van der Waals surface area contributed by atoms with E-state index in [9.17, 15) is 4.79 Å². The van der Waals surface area contributed by atoms with Gasteiger partial charge in [-0.1, -0.05) is 0 Å². The van der Waals surface area contributed by atoms with Crippen LogP contribution in [0.3, 0.4) is 0 Å². The average molecular weight is 203 g/mol. The Morgan fingerprint density at radius 2 is 2.50 bits per heavy atom. The van der Waals surface area contributed by atoms with Gasteiger partial charge in [0.15, 0.2) is 0 Å². The second-order valence-corrected chi connectivity index (χ2v) is 3.34. The highest BCUT2D eigenvalue weighted by Gasteiger charge is 2.54. The summed E-state index contributed by atoms with van der Waals surface area (Å²) < 4.78 is 20.5. The second kappa shape index (κ2) is 3.72. The van der Waals surface area contributed by atoms with Gasteiger partial charge < -0.3 is 24.7 Å². The zero-order valence-corrected chi connectivity index (χ0v) is 7.84. The number of hydrogen-bond acceptors (Lipinski definition) is 5. The van der Waals surface area contributed by atoms with E-state index in [-0.39, 0.29) is 31.0 Å². The van der Waals surface area contributed by atoms with Crippen molar-refractivity contribution in [2.24, 2.45) is 5.73 Å². The predicted octanol–water partition coefficient (Wildman–Crippen LogP) is -0.737. The number of hydrogen-bond donors (Lipinski definition) is 1. The number of nitrogens with two attached hydrogens (primary N) is 1. The number of fused-ring (bicyclic) bond motifs is 1. The molecule has 6 heteroatoms. The third-order valence-electron chi connectivity index (χ3n) is 2.46. The van der Waals surface area contributed by atoms with Crippen LogP contribution >= 0.6 is 0 Å². The van der Waals surface area contributed by atoms with Gasteiger partial charge in [0, 0.05) is 7.11 Å². The average Bonchev–Trinajstić information content (AvgIpc) is 2.82. The predicted molar refractivity (Wildman–Crippen MR) is 44.7 cm³/mol. The molecule has 2 heterocycles. The maximum absolute atomic E-state index is 10.4. The first-order chi connectivity index (χ1) is 6.72. The van der Waals surface area contributed by atoms with Crippen molar-refractivity contribution in [3.8, 4) is 0 Å². The summed E-state index contributed by atoms with van der Waals surface area (Å²) >= 11 is 0. The van der Waals surface area contributed by atoms with E-state index >= 15 is 0 Å². The lowest BCUT2D eigenvalue weighted by Crippen LogP contribution is -2.37. The van der Waals surface area contributed by atoms with E-state index in [0.717, 1.165) is 0 Å². The Labute approximate surface area is 81.2 Å². The molecule has 0 aromatic rings.